The smallest absolute Gasteiger partial charge is 0.256 e. The van der Waals surface area contributed by atoms with Crippen LogP contribution in [0.4, 0.5) is 11.4 Å². The van der Waals surface area contributed by atoms with Crippen molar-refractivity contribution in [2.75, 3.05) is 36.0 Å². The first-order chi connectivity index (χ1) is 16.0. The van der Waals surface area contributed by atoms with Crippen LogP contribution in [0.15, 0.2) is 36.4 Å². The van der Waals surface area contributed by atoms with Crippen molar-refractivity contribution >= 4 is 23.2 Å². The standard InChI is InChI=1S/C27H33N3O3/c1-4-28-12-11-22-14-20(7-8-23(22)17-28)21-9-10-24-25(15-21)29(16-18(2)30(24)19(3)31)27(32)26-6-5-13-33-26/h7-10,14-15,18,26H,4-6,11-13,16-17H2,1-3H3. The van der Waals surface area contributed by atoms with E-state index in [1.807, 2.05) is 22.8 Å². The topological polar surface area (TPSA) is 53.1 Å². The lowest BCUT2D eigenvalue weighted by Gasteiger charge is -2.41. The summed E-state index contributed by atoms with van der Waals surface area (Å²) in [6, 6.07) is 12.8. The number of benzene rings is 2. The molecule has 2 atom stereocenters. The molecule has 0 N–H and O–H groups in total. The molecule has 1 saturated heterocycles. The number of carbonyl (C=O) groups is 2. The Morgan fingerprint density at radius 1 is 1.06 bits per heavy atom. The second-order valence-corrected chi connectivity index (χ2v) is 9.49. The van der Waals surface area contributed by atoms with Gasteiger partial charge in [0.05, 0.1) is 17.4 Å². The molecule has 0 bridgehead atoms. The first-order valence-electron chi connectivity index (χ1n) is 12.2. The first kappa shape index (κ1) is 22.1. The van der Waals surface area contributed by atoms with Crippen LogP contribution >= 0.6 is 0 Å². The van der Waals surface area contributed by atoms with Gasteiger partial charge in [0.15, 0.2) is 0 Å². The van der Waals surface area contributed by atoms with Crippen molar-refractivity contribution in [3.63, 3.8) is 0 Å². The summed E-state index contributed by atoms with van der Waals surface area (Å²) in [5, 5.41) is 0. The van der Waals surface area contributed by atoms with Gasteiger partial charge in [-0.3, -0.25) is 14.5 Å². The summed E-state index contributed by atoms with van der Waals surface area (Å²) in [5.74, 6) is 0.000949. The van der Waals surface area contributed by atoms with E-state index >= 15 is 0 Å². The molecule has 0 saturated carbocycles. The molecule has 3 aliphatic rings. The molecule has 3 heterocycles. The van der Waals surface area contributed by atoms with Crippen molar-refractivity contribution in [3.8, 4) is 11.1 Å². The van der Waals surface area contributed by atoms with Gasteiger partial charge in [-0.25, -0.2) is 0 Å². The average Bonchev–Trinajstić information content (AvgIpc) is 3.37. The molecule has 0 radical (unpaired) electrons. The number of amides is 2. The van der Waals surface area contributed by atoms with E-state index in [2.05, 4.69) is 42.2 Å². The molecule has 2 aromatic carbocycles. The molecule has 0 spiro atoms. The lowest BCUT2D eigenvalue weighted by atomic mass is 9.93. The van der Waals surface area contributed by atoms with Gasteiger partial charge < -0.3 is 14.5 Å². The predicted octanol–water partition coefficient (Wildman–Crippen LogP) is 4.00. The number of anilines is 2. The summed E-state index contributed by atoms with van der Waals surface area (Å²) in [7, 11) is 0. The Morgan fingerprint density at radius 2 is 1.85 bits per heavy atom. The lowest BCUT2D eigenvalue weighted by Crippen LogP contribution is -2.53. The van der Waals surface area contributed by atoms with Crippen LogP contribution in [0.25, 0.3) is 11.1 Å². The predicted molar refractivity (Wildman–Crippen MR) is 130 cm³/mol. The number of ether oxygens (including phenoxy) is 1. The monoisotopic (exact) mass is 447 g/mol. The summed E-state index contributed by atoms with van der Waals surface area (Å²) in [4.78, 5) is 32.0. The molecule has 3 aliphatic heterocycles. The molecule has 2 amide bonds. The second-order valence-electron chi connectivity index (χ2n) is 9.49. The van der Waals surface area contributed by atoms with Crippen LogP contribution in [-0.4, -0.2) is 55.1 Å². The zero-order valence-electron chi connectivity index (χ0n) is 19.8. The zero-order valence-corrected chi connectivity index (χ0v) is 19.8. The van der Waals surface area contributed by atoms with E-state index in [-0.39, 0.29) is 24.0 Å². The summed E-state index contributed by atoms with van der Waals surface area (Å²) < 4.78 is 5.71. The van der Waals surface area contributed by atoms with Crippen molar-refractivity contribution in [3.05, 3.63) is 47.5 Å². The van der Waals surface area contributed by atoms with Crippen LogP contribution in [0.1, 0.15) is 44.7 Å². The van der Waals surface area contributed by atoms with Crippen LogP contribution < -0.4 is 9.80 Å². The van der Waals surface area contributed by atoms with Crippen LogP contribution in [0, 0.1) is 0 Å². The van der Waals surface area contributed by atoms with Crippen molar-refractivity contribution in [2.45, 2.75) is 58.7 Å². The van der Waals surface area contributed by atoms with Crippen LogP contribution in [0.2, 0.25) is 0 Å². The molecule has 0 aliphatic carbocycles. The Balaban J connectivity index is 1.53. The number of carbonyl (C=O) groups excluding carboxylic acids is 2. The van der Waals surface area contributed by atoms with Gasteiger partial charge in [-0.2, -0.15) is 0 Å². The van der Waals surface area contributed by atoms with Crippen LogP contribution in [0.5, 0.6) is 0 Å². The van der Waals surface area contributed by atoms with E-state index in [0.717, 1.165) is 61.4 Å². The summed E-state index contributed by atoms with van der Waals surface area (Å²) in [5.41, 5.74) is 6.62. The van der Waals surface area contributed by atoms with Gasteiger partial charge in [0, 0.05) is 33.2 Å². The molecular weight excluding hydrogens is 414 g/mol. The molecule has 6 nitrogen and oxygen atoms in total. The largest absolute Gasteiger partial charge is 0.368 e. The third-order valence-electron chi connectivity index (χ3n) is 7.30. The fourth-order valence-corrected chi connectivity index (χ4v) is 5.50. The molecule has 33 heavy (non-hydrogen) atoms. The van der Waals surface area contributed by atoms with Gasteiger partial charge >= 0.3 is 0 Å². The molecular formula is C27H33N3O3. The van der Waals surface area contributed by atoms with Gasteiger partial charge in [0.1, 0.15) is 6.10 Å². The Morgan fingerprint density at radius 3 is 2.58 bits per heavy atom. The highest BCUT2D eigenvalue weighted by Crippen LogP contribution is 2.40. The highest BCUT2D eigenvalue weighted by Gasteiger charge is 2.37. The SMILES string of the molecule is CCN1CCc2cc(-c3ccc4c(c3)N(C(=O)C3CCCO3)CC(C)N4C(C)=O)ccc2C1. The summed E-state index contributed by atoms with van der Waals surface area (Å²) in [6.07, 6.45) is 2.34. The fraction of sp³-hybridized carbons (Fsp3) is 0.481. The number of fused-ring (bicyclic) bond motifs is 2. The molecule has 2 unspecified atom stereocenters. The first-order valence-corrected chi connectivity index (χ1v) is 12.2. The van der Waals surface area contributed by atoms with E-state index < -0.39 is 0 Å². The van der Waals surface area contributed by atoms with E-state index in [0.29, 0.717) is 13.2 Å². The fourth-order valence-electron chi connectivity index (χ4n) is 5.50. The van der Waals surface area contributed by atoms with Crippen molar-refractivity contribution < 1.29 is 14.3 Å². The van der Waals surface area contributed by atoms with E-state index in [1.165, 1.54) is 11.1 Å². The van der Waals surface area contributed by atoms with E-state index in [1.54, 1.807) is 6.92 Å². The van der Waals surface area contributed by atoms with Crippen molar-refractivity contribution in [2.24, 2.45) is 0 Å². The van der Waals surface area contributed by atoms with Crippen LogP contribution in [-0.2, 0) is 27.3 Å². The molecule has 2 aromatic rings. The average molecular weight is 448 g/mol. The molecule has 6 heteroatoms. The van der Waals surface area contributed by atoms with Crippen LogP contribution in [0.3, 0.4) is 0 Å². The minimum absolute atomic E-state index is 0.00465. The number of hydrogen-bond acceptors (Lipinski definition) is 4. The number of rotatable bonds is 3. The number of likely N-dealkylation sites (N-methyl/N-ethyl adjacent to an activating group) is 1. The Bertz CT molecular complexity index is 1080. The summed E-state index contributed by atoms with van der Waals surface area (Å²) in [6.45, 7) is 10.1. The number of nitrogens with zero attached hydrogens (tertiary/aromatic N) is 3. The van der Waals surface area contributed by atoms with Gasteiger partial charge in [-0.15, -0.1) is 0 Å². The van der Waals surface area contributed by atoms with Crippen molar-refractivity contribution in [1.29, 1.82) is 0 Å². The Hall–Kier alpha value is -2.70. The quantitative estimate of drug-likeness (QED) is 0.714. The maximum Gasteiger partial charge on any atom is 0.256 e. The maximum absolute atomic E-state index is 13.4. The van der Waals surface area contributed by atoms with Gasteiger partial charge in [-0.05, 0) is 67.1 Å². The maximum atomic E-state index is 13.4. The zero-order chi connectivity index (χ0) is 23.1. The Kier molecular flexibility index (Phi) is 5.97. The third kappa shape index (κ3) is 4.06. The van der Waals surface area contributed by atoms with E-state index in [9.17, 15) is 9.59 Å². The molecule has 174 valence electrons. The van der Waals surface area contributed by atoms with Gasteiger partial charge in [-0.1, -0.05) is 31.2 Å². The van der Waals surface area contributed by atoms with Gasteiger partial charge in [0.25, 0.3) is 5.91 Å². The number of hydrogen-bond donors (Lipinski definition) is 0. The summed E-state index contributed by atoms with van der Waals surface area (Å²) >= 11 is 0. The minimum atomic E-state index is -0.386. The minimum Gasteiger partial charge on any atom is -0.368 e. The normalized spacial score (nSPS) is 22.8. The van der Waals surface area contributed by atoms with Crippen molar-refractivity contribution in [1.82, 2.24) is 4.90 Å². The third-order valence-corrected chi connectivity index (χ3v) is 7.30. The highest BCUT2D eigenvalue weighted by atomic mass is 16.5. The van der Waals surface area contributed by atoms with Gasteiger partial charge in [0.2, 0.25) is 5.91 Å². The molecule has 5 rings (SSSR count). The van der Waals surface area contributed by atoms with E-state index in [4.69, 9.17) is 4.74 Å². The highest BCUT2D eigenvalue weighted by molar-refractivity contribution is 6.06. The molecule has 1 fully saturated rings. The Labute approximate surface area is 196 Å². The second kappa shape index (κ2) is 8.92. The molecule has 0 aromatic heterocycles. The lowest BCUT2D eigenvalue weighted by molar-refractivity contribution is -0.127.